The summed E-state index contributed by atoms with van der Waals surface area (Å²) in [5.74, 6) is -0.762. The van der Waals surface area contributed by atoms with E-state index in [0.29, 0.717) is 41.6 Å². The molecule has 0 radical (unpaired) electrons. The van der Waals surface area contributed by atoms with Gasteiger partial charge in [0.15, 0.2) is 0 Å². The topological polar surface area (TPSA) is 94.2 Å². The van der Waals surface area contributed by atoms with Crippen LogP contribution in [-0.2, 0) is 16.2 Å². The van der Waals surface area contributed by atoms with Gasteiger partial charge in [-0.05, 0) is 55.8 Å². The molecule has 4 amide bonds. The van der Waals surface area contributed by atoms with Crippen LogP contribution < -0.4 is 24.4 Å². The molecule has 0 saturated carbocycles. The number of halogens is 1. The summed E-state index contributed by atoms with van der Waals surface area (Å²) in [6, 6.07) is 16.8. The minimum Gasteiger partial charge on any atom is -0.494 e. The highest BCUT2D eigenvalue weighted by molar-refractivity contribution is 6.39. The molecule has 4 rings (SSSR count). The molecule has 1 aliphatic heterocycles. The lowest BCUT2D eigenvalue weighted by Crippen LogP contribution is -2.54. The van der Waals surface area contributed by atoms with Crippen molar-refractivity contribution in [2.75, 3.05) is 18.1 Å². The fourth-order valence-electron chi connectivity index (χ4n) is 3.69. The van der Waals surface area contributed by atoms with E-state index in [1.54, 1.807) is 61.5 Å². The molecule has 3 aromatic rings. The van der Waals surface area contributed by atoms with E-state index in [1.807, 2.05) is 6.92 Å². The number of amides is 4. The van der Waals surface area contributed by atoms with Crippen LogP contribution in [0.3, 0.4) is 0 Å². The van der Waals surface area contributed by atoms with E-state index >= 15 is 0 Å². The van der Waals surface area contributed by atoms with Crippen molar-refractivity contribution in [3.8, 4) is 17.2 Å². The number of carbonyl (C=O) groups is 3. The molecule has 0 unspecified atom stereocenters. The van der Waals surface area contributed by atoms with Crippen LogP contribution in [0.2, 0.25) is 0 Å². The summed E-state index contributed by atoms with van der Waals surface area (Å²) in [7, 11) is 0. The van der Waals surface area contributed by atoms with Gasteiger partial charge in [0.05, 0.1) is 18.9 Å². The maximum atomic E-state index is 13.8. The minimum absolute atomic E-state index is 0.0496. The quantitative estimate of drug-likeness (QED) is 0.330. The number of ether oxygens (including phenoxy) is 3. The summed E-state index contributed by atoms with van der Waals surface area (Å²) in [4.78, 5) is 39.5. The Morgan fingerprint density at radius 1 is 0.865 bits per heavy atom. The van der Waals surface area contributed by atoms with Crippen molar-refractivity contribution in [2.45, 2.75) is 20.5 Å². The Bertz CT molecular complexity index is 1350. The minimum atomic E-state index is -0.890. The second kappa shape index (κ2) is 11.4. The van der Waals surface area contributed by atoms with Gasteiger partial charge in [0.2, 0.25) is 0 Å². The summed E-state index contributed by atoms with van der Waals surface area (Å²) >= 11 is 0. The zero-order valence-corrected chi connectivity index (χ0v) is 20.3. The number of nitrogens with one attached hydrogen (secondary N) is 1. The third-order valence-electron chi connectivity index (χ3n) is 5.43. The summed E-state index contributed by atoms with van der Waals surface area (Å²) in [5, 5.41) is 2.21. The average Bonchev–Trinajstić information content (AvgIpc) is 2.88. The van der Waals surface area contributed by atoms with E-state index in [1.165, 1.54) is 18.2 Å². The molecule has 37 heavy (non-hydrogen) atoms. The molecule has 0 spiro atoms. The molecule has 190 valence electrons. The monoisotopic (exact) mass is 504 g/mol. The van der Waals surface area contributed by atoms with Gasteiger partial charge in [-0.2, -0.15) is 0 Å². The van der Waals surface area contributed by atoms with Crippen molar-refractivity contribution < 1.29 is 33.0 Å². The van der Waals surface area contributed by atoms with Crippen LogP contribution in [0.4, 0.5) is 14.9 Å². The molecule has 0 aliphatic carbocycles. The average molecular weight is 505 g/mol. The van der Waals surface area contributed by atoms with Crippen LogP contribution in [-0.4, -0.2) is 31.1 Å². The SMILES string of the molecule is CCOc1ccc(OCC)c(N2C(=O)NC(=O)/C(=C\c3ccc(OCc4ccccc4F)cc3)C2=O)c1. The van der Waals surface area contributed by atoms with E-state index in [4.69, 9.17) is 14.2 Å². The van der Waals surface area contributed by atoms with Crippen molar-refractivity contribution in [1.29, 1.82) is 0 Å². The number of anilines is 1. The van der Waals surface area contributed by atoms with E-state index in [9.17, 15) is 18.8 Å². The number of hydrogen-bond acceptors (Lipinski definition) is 6. The van der Waals surface area contributed by atoms with Gasteiger partial charge < -0.3 is 14.2 Å². The van der Waals surface area contributed by atoms with Gasteiger partial charge in [0.25, 0.3) is 11.8 Å². The van der Waals surface area contributed by atoms with Gasteiger partial charge in [-0.3, -0.25) is 14.9 Å². The van der Waals surface area contributed by atoms with Crippen molar-refractivity contribution in [2.24, 2.45) is 0 Å². The molecule has 1 fully saturated rings. The lowest BCUT2D eigenvalue weighted by Gasteiger charge is -2.28. The van der Waals surface area contributed by atoms with E-state index < -0.39 is 17.8 Å². The maximum Gasteiger partial charge on any atom is 0.336 e. The van der Waals surface area contributed by atoms with Crippen molar-refractivity contribution >= 4 is 29.6 Å². The van der Waals surface area contributed by atoms with Crippen LogP contribution in [0.1, 0.15) is 25.0 Å². The van der Waals surface area contributed by atoms with Gasteiger partial charge in [0.1, 0.15) is 35.2 Å². The number of nitrogens with zero attached hydrogens (tertiary/aromatic N) is 1. The molecule has 1 aliphatic rings. The Hall–Kier alpha value is -4.66. The van der Waals surface area contributed by atoms with Gasteiger partial charge in [-0.1, -0.05) is 30.3 Å². The fraction of sp³-hybridized carbons (Fsp3) is 0.179. The Kier molecular flexibility index (Phi) is 7.83. The third kappa shape index (κ3) is 5.78. The van der Waals surface area contributed by atoms with Crippen LogP contribution in [0, 0.1) is 5.82 Å². The second-order valence-corrected chi connectivity index (χ2v) is 7.90. The highest BCUT2D eigenvalue weighted by Crippen LogP contribution is 2.35. The highest BCUT2D eigenvalue weighted by Gasteiger charge is 2.38. The largest absolute Gasteiger partial charge is 0.494 e. The number of carbonyl (C=O) groups excluding carboxylic acids is 3. The van der Waals surface area contributed by atoms with E-state index in [2.05, 4.69) is 5.32 Å². The number of imide groups is 2. The lowest BCUT2D eigenvalue weighted by atomic mass is 10.1. The Labute approximate surface area is 213 Å². The molecule has 1 heterocycles. The van der Waals surface area contributed by atoms with E-state index in [0.717, 1.165) is 4.90 Å². The lowest BCUT2D eigenvalue weighted by molar-refractivity contribution is -0.122. The van der Waals surface area contributed by atoms with Gasteiger partial charge in [0, 0.05) is 11.6 Å². The number of barbiturate groups is 1. The predicted octanol–water partition coefficient (Wildman–Crippen LogP) is 4.87. The molecule has 0 bridgehead atoms. The molecular formula is C28H25FN2O6. The Morgan fingerprint density at radius 2 is 1.57 bits per heavy atom. The molecule has 3 aromatic carbocycles. The van der Waals surface area contributed by atoms with Crippen LogP contribution in [0.5, 0.6) is 17.2 Å². The zero-order chi connectivity index (χ0) is 26.4. The molecule has 0 aromatic heterocycles. The molecule has 1 N–H and O–H groups in total. The number of hydrogen-bond donors (Lipinski definition) is 1. The van der Waals surface area contributed by atoms with Crippen molar-refractivity contribution in [3.63, 3.8) is 0 Å². The number of benzene rings is 3. The highest BCUT2D eigenvalue weighted by atomic mass is 19.1. The molecule has 9 heteroatoms. The Balaban J connectivity index is 1.58. The molecule has 0 atom stereocenters. The van der Waals surface area contributed by atoms with Crippen LogP contribution in [0.25, 0.3) is 6.08 Å². The van der Waals surface area contributed by atoms with Gasteiger partial charge in [-0.15, -0.1) is 0 Å². The van der Waals surface area contributed by atoms with E-state index in [-0.39, 0.29) is 23.7 Å². The first kappa shape index (κ1) is 25.4. The van der Waals surface area contributed by atoms with Crippen LogP contribution >= 0.6 is 0 Å². The molecule has 1 saturated heterocycles. The first-order chi connectivity index (χ1) is 17.9. The first-order valence-corrected chi connectivity index (χ1v) is 11.7. The zero-order valence-electron chi connectivity index (χ0n) is 20.3. The summed E-state index contributed by atoms with van der Waals surface area (Å²) in [6.45, 7) is 4.32. The van der Waals surface area contributed by atoms with Gasteiger partial charge in [-0.25, -0.2) is 14.1 Å². The standard InChI is InChI=1S/C28H25FN2O6/c1-3-35-21-13-14-25(36-4-2)24(16-21)31-27(33)22(26(32)30-28(31)34)15-18-9-11-20(12-10-18)37-17-19-7-5-6-8-23(19)29/h5-16H,3-4,17H2,1-2H3,(H,30,32,34)/b22-15+. The Morgan fingerprint density at radius 3 is 2.27 bits per heavy atom. The molecular weight excluding hydrogens is 479 g/mol. The maximum absolute atomic E-state index is 13.8. The van der Waals surface area contributed by atoms with Crippen molar-refractivity contribution in [1.82, 2.24) is 5.32 Å². The first-order valence-electron chi connectivity index (χ1n) is 11.7. The smallest absolute Gasteiger partial charge is 0.336 e. The van der Waals surface area contributed by atoms with Crippen molar-refractivity contribution in [3.05, 3.63) is 89.2 Å². The normalized spacial score (nSPS) is 14.5. The van der Waals surface area contributed by atoms with Crippen LogP contribution in [0.15, 0.2) is 72.3 Å². The fourth-order valence-corrected chi connectivity index (χ4v) is 3.69. The third-order valence-corrected chi connectivity index (χ3v) is 5.43. The predicted molar refractivity (Wildman–Crippen MR) is 135 cm³/mol. The summed E-state index contributed by atoms with van der Waals surface area (Å²) in [5.41, 5.74) is 0.872. The number of rotatable bonds is 9. The summed E-state index contributed by atoms with van der Waals surface area (Å²) < 4.78 is 30.5. The van der Waals surface area contributed by atoms with Gasteiger partial charge >= 0.3 is 6.03 Å². The second-order valence-electron chi connectivity index (χ2n) is 7.90. The summed E-state index contributed by atoms with van der Waals surface area (Å²) in [6.07, 6.45) is 1.38. The molecule has 8 nitrogen and oxygen atoms in total. The number of urea groups is 1.